The Morgan fingerprint density at radius 3 is 2.82 bits per heavy atom. The number of amides is 1. The molecule has 1 aliphatic heterocycles. The predicted octanol–water partition coefficient (Wildman–Crippen LogP) is 1.05. The van der Waals surface area contributed by atoms with Gasteiger partial charge in [-0.15, -0.1) is 0 Å². The first-order valence-electron chi connectivity index (χ1n) is 7.03. The molecule has 1 aromatic heterocycles. The van der Waals surface area contributed by atoms with E-state index in [1.54, 1.807) is 37.4 Å². The number of fused-ring (bicyclic) bond motifs is 1. The third-order valence-electron chi connectivity index (χ3n) is 3.75. The molecule has 1 saturated heterocycles. The lowest BCUT2D eigenvalue weighted by Gasteiger charge is -2.30. The number of aromatic nitrogens is 1. The van der Waals surface area contributed by atoms with E-state index in [0.717, 1.165) is 5.56 Å². The highest BCUT2D eigenvalue weighted by Crippen LogP contribution is 2.27. The minimum absolute atomic E-state index is 0.150. The number of nitrogens with one attached hydrogen (secondary N) is 1. The van der Waals surface area contributed by atoms with Crippen molar-refractivity contribution in [3.05, 3.63) is 36.0 Å². The van der Waals surface area contributed by atoms with Gasteiger partial charge in [0.15, 0.2) is 0 Å². The first-order chi connectivity index (χ1) is 10.4. The van der Waals surface area contributed by atoms with Gasteiger partial charge in [-0.1, -0.05) is 6.07 Å². The average molecular weight is 319 g/mol. The van der Waals surface area contributed by atoms with E-state index in [4.69, 9.17) is 0 Å². The molecule has 6 nitrogen and oxygen atoms in total. The minimum Gasteiger partial charge on any atom is -0.351 e. The highest BCUT2D eigenvalue weighted by atomic mass is 32.2. The van der Waals surface area contributed by atoms with E-state index in [9.17, 15) is 13.2 Å². The molecule has 1 N–H and O–H groups in total. The Hall–Kier alpha value is -1.99. The highest BCUT2D eigenvalue weighted by Gasteiger charge is 2.33. The fourth-order valence-electron chi connectivity index (χ4n) is 2.73. The summed E-state index contributed by atoms with van der Waals surface area (Å²) in [4.78, 5) is 16.1. The van der Waals surface area contributed by atoms with Crippen LogP contribution in [0.2, 0.25) is 0 Å². The van der Waals surface area contributed by atoms with E-state index in [1.807, 2.05) is 6.92 Å². The van der Waals surface area contributed by atoms with Crippen LogP contribution in [0.25, 0.3) is 10.9 Å². The van der Waals surface area contributed by atoms with Gasteiger partial charge < -0.3 is 5.32 Å². The maximum atomic E-state index is 12.9. The van der Waals surface area contributed by atoms with Gasteiger partial charge in [0.05, 0.1) is 17.0 Å². The second kappa shape index (κ2) is 5.33. The molecule has 3 rings (SSSR count). The average Bonchev–Trinajstić information content (AvgIpc) is 2.46. The van der Waals surface area contributed by atoms with E-state index >= 15 is 0 Å². The molecule has 1 fully saturated rings. The maximum absolute atomic E-state index is 12.9. The van der Waals surface area contributed by atoms with E-state index in [-0.39, 0.29) is 29.9 Å². The molecule has 1 amide bonds. The number of piperazine rings is 1. The highest BCUT2D eigenvalue weighted by molar-refractivity contribution is 7.89. The molecule has 1 atom stereocenters. The standard InChI is InChI=1S/C15H17N3O3S/c1-10-5-6-13(12-4-3-7-16-15(10)12)22(20,21)18-8-11(2)17-14(19)9-18/h3-7,11H,8-9H2,1-2H3,(H,17,19). The van der Waals surface area contributed by atoms with Crippen molar-refractivity contribution in [2.24, 2.45) is 0 Å². The van der Waals surface area contributed by atoms with Gasteiger partial charge >= 0.3 is 0 Å². The topological polar surface area (TPSA) is 79.4 Å². The van der Waals surface area contributed by atoms with Crippen molar-refractivity contribution in [1.82, 2.24) is 14.6 Å². The van der Waals surface area contributed by atoms with E-state index in [1.165, 1.54) is 4.31 Å². The zero-order valence-corrected chi connectivity index (χ0v) is 13.2. The van der Waals surface area contributed by atoms with Crippen LogP contribution in [-0.2, 0) is 14.8 Å². The molecule has 1 aliphatic rings. The van der Waals surface area contributed by atoms with Crippen LogP contribution in [0.3, 0.4) is 0 Å². The second-order valence-electron chi connectivity index (χ2n) is 5.55. The Morgan fingerprint density at radius 2 is 2.09 bits per heavy atom. The molecule has 0 saturated carbocycles. The summed E-state index contributed by atoms with van der Waals surface area (Å²) in [6.07, 6.45) is 1.64. The molecule has 1 unspecified atom stereocenters. The lowest BCUT2D eigenvalue weighted by molar-refractivity contribution is -0.123. The Labute approximate surface area is 129 Å². The summed E-state index contributed by atoms with van der Waals surface area (Å²) >= 11 is 0. The number of carbonyl (C=O) groups is 1. The van der Waals surface area contributed by atoms with Crippen LogP contribution in [0, 0.1) is 6.92 Å². The van der Waals surface area contributed by atoms with Gasteiger partial charge in [-0.25, -0.2) is 8.42 Å². The summed E-state index contributed by atoms with van der Waals surface area (Å²) < 4.78 is 27.1. The summed E-state index contributed by atoms with van der Waals surface area (Å²) in [5, 5.41) is 3.31. The van der Waals surface area contributed by atoms with Crippen LogP contribution in [-0.4, -0.2) is 42.7 Å². The number of nitrogens with zero attached hydrogens (tertiary/aromatic N) is 2. The summed E-state index contributed by atoms with van der Waals surface area (Å²) in [6, 6.07) is 6.59. The molecule has 0 radical (unpaired) electrons. The predicted molar refractivity (Wildman–Crippen MR) is 82.8 cm³/mol. The largest absolute Gasteiger partial charge is 0.351 e. The van der Waals surface area contributed by atoms with Crippen molar-refractivity contribution in [2.45, 2.75) is 24.8 Å². The van der Waals surface area contributed by atoms with Gasteiger partial charge in [0.2, 0.25) is 15.9 Å². The van der Waals surface area contributed by atoms with Crippen molar-refractivity contribution in [3.63, 3.8) is 0 Å². The molecule has 2 aromatic rings. The summed E-state index contributed by atoms with van der Waals surface area (Å²) in [7, 11) is -3.74. The third-order valence-corrected chi connectivity index (χ3v) is 5.62. The van der Waals surface area contributed by atoms with Gasteiger partial charge in [0.25, 0.3) is 0 Å². The molecule has 0 spiro atoms. The Balaban J connectivity index is 2.14. The summed E-state index contributed by atoms with van der Waals surface area (Å²) in [5.74, 6) is -0.281. The lowest BCUT2D eigenvalue weighted by Crippen LogP contribution is -2.54. The number of hydrogen-bond acceptors (Lipinski definition) is 4. The zero-order chi connectivity index (χ0) is 15.9. The van der Waals surface area contributed by atoms with Crippen LogP contribution >= 0.6 is 0 Å². The molecule has 2 heterocycles. The van der Waals surface area contributed by atoms with E-state index < -0.39 is 10.0 Å². The number of benzene rings is 1. The number of sulfonamides is 1. The number of rotatable bonds is 2. The number of aryl methyl sites for hydroxylation is 1. The first kappa shape index (κ1) is 14.9. The molecule has 0 aliphatic carbocycles. The van der Waals surface area contributed by atoms with Gasteiger partial charge in [-0.2, -0.15) is 4.31 Å². The third kappa shape index (κ3) is 2.46. The lowest BCUT2D eigenvalue weighted by atomic mass is 10.1. The van der Waals surface area contributed by atoms with Gasteiger partial charge in [0, 0.05) is 24.2 Å². The fraction of sp³-hybridized carbons (Fsp3) is 0.333. The quantitative estimate of drug-likeness (QED) is 0.897. The Kier molecular flexibility index (Phi) is 3.62. The summed E-state index contributed by atoms with van der Waals surface area (Å²) in [6.45, 7) is 3.79. The van der Waals surface area contributed by atoms with E-state index in [2.05, 4.69) is 10.3 Å². The molecule has 7 heteroatoms. The molecule has 116 valence electrons. The van der Waals surface area contributed by atoms with Crippen LogP contribution < -0.4 is 5.32 Å². The normalized spacial score (nSPS) is 20.1. The second-order valence-corrected chi connectivity index (χ2v) is 7.45. The smallest absolute Gasteiger partial charge is 0.244 e. The first-order valence-corrected chi connectivity index (χ1v) is 8.47. The number of pyridine rings is 1. The number of hydrogen-bond donors (Lipinski definition) is 1. The Morgan fingerprint density at radius 1 is 1.32 bits per heavy atom. The number of carbonyl (C=O) groups excluding carboxylic acids is 1. The molecule has 0 bridgehead atoms. The SMILES string of the molecule is Cc1ccc(S(=O)(=O)N2CC(=O)NC(C)C2)c2cccnc12. The van der Waals surface area contributed by atoms with Gasteiger partial charge in [0.1, 0.15) is 0 Å². The van der Waals surface area contributed by atoms with Crippen LogP contribution in [0.1, 0.15) is 12.5 Å². The van der Waals surface area contributed by atoms with Crippen LogP contribution in [0.4, 0.5) is 0 Å². The van der Waals surface area contributed by atoms with Crippen molar-refractivity contribution in [3.8, 4) is 0 Å². The molecule has 1 aromatic carbocycles. The molecular weight excluding hydrogens is 302 g/mol. The summed E-state index contributed by atoms with van der Waals surface area (Å²) in [5.41, 5.74) is 1.58. The van der Waals surface area contributed by atoms with Gasteiger partial charge in [-0.3, -0.25) is 9.78 Å². The zero-order valence-electron chi connectivity index (χ0n) is 12.4. The fourth-order valence-corrected chi connectivity index (χ4v) is 4.40. The van der Waals surface area contributed by atoms with Crippen LogP contribution in [0.5, 0.6) is 0 Å². The van der Waals surface area contributed by atoms with Crippen molar-refractivity contribution in [2.75, 3.05) is 13.1 Å². The van der Waals surface area contributed by atoms with Crippen molar-refractivity contribution >= 4 is 26.8 Å². The maximum Gasteiger partial charge on any atom is 0.244 e. The molecular formula is C15H17N3O3S. The van der Waals surface area contributed by atoms with Gasteiger partial charge in [-0.05, 0) is 37.6 Å². The molecule has 22 heavy (non-hydrogen) atoms. The van der Waals surface area contributed by atoms with Crippen LogP contribution in [0.15, 0.2) is 35.4 Å². The van der Waals surface area contributed by atoms with E-state index in [0.29, 0.717) is 10.9 Å². The monoisotopic (exact) mass is 319 g/mol. The van der Waals surface area contributed by atoms with Crippen molar-refractivity contribution in [1.29, 1.82) is 0 Å². The van der Waals surface area contributed by atoms with Crippen molar-refractivity contribution < 1.29 is 13.2 Å². The Bertz CT molecular complexity index is 848. The minimum atomic E-state index is -3.74.